The second-order valence-corrected chi connectivity index (χ2v) is 2.88. The maximum absolute atomic E-state index is 4.30. The van der Waals surface area contributed by atoms with Crippen molar-refractivity contribution in [3.05, 3.63) is 30.6 Å². The molecule has 0 aromatic carbocycles. The average molecular weight is 189 g/mol. The van der Waals surface area contributed by atoms with Gasteiger partial charge in [-0.2, -0.15) is 0 Å². The summed E-state index contributed by atoms with van der Waals surface area (Å²) >= 11 is 0. The van der Waals surface area contributed by atoms with Gasteiger partial charge in [0.1, 0.15) is 23.8 Å². The molecule has 2 aromatic rings. The Bertz CT molecular complexity index is 421. The zero-order valence-electron chi connectivity index (χ0n) is 8.10. The first-order valence-electron chi connectivity index (χ1n) is 4.31. The number of aryl methyl sites for hydroxylation is 1. The molecule has 0 aliphatic rings. The van der Waals surface area contributed by atoms with Crippen LogP contribution in [0.5, 0.6) is 0 Å². The Morgan fingerprint density at radius 1 is 1.36 bits per heavy atom. The van der Waals surface area contributed by atoms with Crippen molar-refractivity contribution in [3.63, 3.8) is 0 Å². The van der Waals surface area contributed by atoms with Gasteiger partial charge in [0.2, 0.25) is 0 Å². The van der Waals surface area contributed by atoms with Crippen molar-refractivity contribution in [2.24, 2.45) is 0 Å². The van der Waals surface area contributed by atoms with Gasteiger partial charge in [0.05, 0.1) is 0 Å². The molecule has 2 heterocycles. The molecule has 0 unspecified atom stereocenters. The second kappa shape index (κ2) is 3.45. The number of nitrogens with one attached hydrogen (secondary N) is 1. The lowest BCUT2D eigenvalue weighted by atomic mass is 10.5. The lowest BCUT2D eigenvalue weighted by Crippen LogP contribution is -2.02. The molecule has 2 aromatic heterocycles. The summed E-state index contributed by atoms with van der Waals surface area (Å²) in [5.74, 6) is 2.36. The van der Waals surface area contributed by atoms with Gasteiger partial charge in [-0.1, -0.05) is 0 Å². The maximum Gasteiger partial charge on any atom is 0.143 e. The van der Waals surface area contributed by atoms with Gasteiger partial charge in [0.15, 0.2) is 0 Å². The molecule has 1 N–H and O–H groups in total. The minimum atomic E-state index is 0.737. The predicted molar refractivity (Wildman–Crippen MR) is 53.4 cm³/mol. The average Bonchev–Trinajstić information content (AvgIpc) is 2.69. The summed E-state index contributed by atoms with van der Waals surface area (Å²) in [6, 6.07) is 1.87. The fourth-order valence-electron chi connectivity index (χ4n) is 1.21. The van der Waals surface area contributed by atoms with E-state index < -0.39 is 0 Å². The molecule has 0 saturated heterocycles. The van der Waals surface area contributed by atoms with Crippen molar-refractivity contribution in [3.8, 4) is 5.82 Å². The largest absolute Gasteiger partial charge is 0.373 e. The van der Waals surface area contributed by atoms with Gasteiger partial charge >= 0.3 is 0 Å². The van der Waals surface area contributed by atoms with Gasteiger partial charge in [-0.3, -0.25) is 4.57 Å². The van der Waals surface area contributed by atoms with Crippen LogP contribution in [0.2, 0.25) is 0 Å². The Morgan fingerprint density at radius 2 is 2.21 bits per heavy atom. The first-order chi connectivity index (χ1) is 6.79. The highest BCUT2D eigenvalue weighted by Crippen LogP contribution is 2.09. The van der Waals surface area contributed by atoms with Crippen LogP contribution < -0.4 is 5.32 Å². The number of nitrogens with zero attached hydrogens (tertiary/aromatic N) is 4. The maximum atomic E-state index is 4.30. The summed E-state index contributed by atoms with van der Waals surface area (Å²) in [6.07, 6.45) is 5.28. The van der Waals surface area contributed by atoms with E-state index in [-0.39, 0.29) is 0 Å². The summed E-state index contributed by atoms with van der Waals surface area (Å²) < 4.78 is 1.84. The third-order valence-electron chi connectivity index (χ3n) is 1.85. The van der Waals surface area contributed by atoms with Crippen LogP contribution in [0.1, 0.15) is 5.82 Å². The second-order valence-electron chi connectivity index (χ2n) is 2.88. The predicted octanol–water partition coefficient (Wildman–Crippen LogP) is 1.01. The molecule has 0 atom stereocenters. The molecular formula is C9H11N5. The fraction of sp³-hybridized carbons (Fsp3) is 0.222. The van der Waals surface area contributed by atoms with Gasteiger partial charge in [-0.05, 0) is 6.92 Å². The van der Waals surface area contributed by atoms with Gasteiger partial charge in [0, 0.05) is 25.5 Å². The monoisotopic (exact) mass is 189 g/mol. The van der Waals surface area contributed by atoms with E-state index in [0.717, 1.165) is 17.5 Å². The Hall–Kier alpha value is -1.91. The number of anilines is 1. The van der Waals surface area contributed by atoms with Crippen molar-refractivity contribution >= 4 is 5.82 Å². The number of rotatable bonds is 2. The molecule has 0 aliphatic carbocycles. The number of imidazole rings is 1. The zero-order valence-corrected chi connectivity index (χ0v) is 8.10. The Labute approximate surface area is 81.8 Å². The van der Waals surface area contributed by atoms with Gasteiger partial charge < -0.3 is 5.32 Å². The SMILES string of the molecule is CNc1cc(-n2ccnc2)nc(C)n1. The smallest absolute Gasteiger partial charge is 0.143 e. The van der Waals surface area contributed by atoms with E-state index in [4.69, 9.17) is 0 Å². The molecule has 0 bridgehead atoms. The molecule has 72 valence electrons. The van der Waals surface area contributed by atoms with Crippen molar-refractivity contribution in [1.29, 1.82) is 0 Å². The Balaban J connectivity index is 2.48. The van der Waals surface area contributed by atoms with Crippen LogP contribution in [-0.2, 0) is 0 Å². The van der Waals surface area contributed by atoms with Gasteiger partial charge in [-0.25, -0.2) is 15.0 Å². The van der Waals surface area contributed by atoms with E-state index in [1.54, 1.807) is 12.5 Å². The lowest BCUT2D eigenvalue weighted by Gasteiger charge is -2.05. The fourth-order valence-corrected chi connectivity index (χ4v) is 1.21. The van der Waals surface area contributed by atoms with E-state index in [1.165, 1.54) is 0 Å². The first-order valence-corrected chi connectivity index (χ1v) is 4.31. The van der Waals surface area contributed by atoms with Crippen LogP contribution in [-0.4, -0.2) is 26.6 Å². The molecule has 0 aliphatic heterocycles. The zero-order chi connectivity index (χ0) is 9.97. The van der Waals surface area contributed by atoms with Gasteiger partial charge in [0.25, 0.3) is 0 Å². The molecule has 14 heavy (non-hydrogen) atoms. The molecule has 0 amide bonds. The van der Waals surface area contributed by atoms with E-state index in [9.17, 15) is 0 Å². The van der Waals surface area contributed by atoms with Crippen LogP contribution in [0.3, 0.4) is 0 Å². The Morgan fingerprint density at radius 3 is 2.86 bits per heavy atom. The van der Waals surface area contributed by atoms with Crippen LogP contribution in [0.4, 0.5) is 5.82 Å². The molecular weight excluding hydrogens is 178 g/mol. The summed E-state index contributed by atoms with van der Waals surface area (Å²) in [6.45, 7) is 1.86. The van der Waals surface area contributed by atoms with Crippen molar-refractivity contribution in [2.75, 3.05) is 12.4 Å². The van der Waals surface area contributed by atoms with Crippen LogP contribution in [0.15, 0.2) is 24.8 Å². The number of hydrogen-bond acceptors (Lipinski definition) is 4. The standard InChI is InChI=1S/C9H11N5/c1-7-12-8(10-2)5-9(13-7)14-4-3-11-6-14/h3-6H,1-2H3,(H,10,12,13). The highest BCUT2D eigenvalue weighted by Gasteiger charge is 2.01. The van der Waals surface area contributed by atoms with E-state index in [2.05, 4.69) is 20.3 Å². The molecule has 2 rings (SSSR count). The van der Waals surface area contributed by atoms with Crippen molar-refractivity contribution < 1.29 is 0 Å². The molecule has 0 spiro atoms. The van der Waals surface area contributed by atoms with E-state index >= 15 is 0 Å². The molecule has 5 heteroatoms. The van der Waals surface area contributed by atoms with Crippen molar-refractivity contribution in [1.82, 2.24) is 19.5 Å². The summed E-state index contributed by atoms with van der Waals surface area (Å²) in [7, 11) is 1.83. The normalized spacial score (nSPS) is 10.1. The summed E-state index contributed by atoms with van der Waals surface area (Å²) in [5, 5.41) is 2.99. The lowest BCUT2D eigenvalue weighted by molar-refractivity contribution is 0.938. The highest BCUT2D eigenvalue weighted by molar-refractivity contribution is 5.40. The van der Waals surface area contributed by atoms with E-state index in [1.807, 2.05) is 30.8 Å². The minimum absolute atomic E-state index is 0.737. The number of aromatic nitrogens is 4. The van der Waals surface area contributed by atoms with Crippen LogP contribution in [0.25, 0.3) is 5.82 Å². The van der Waals surface area contributed by atoms with Crippen molar-refractivity contribution in [2.45, 2.75) is 6.92 Å². The highest BCUT2D eigenvalue weighted by atomic mass is 15.1. The van der Waals surface area contributed by atoms with Crippen LogP contribution >= 0.6 is 0 Å². The third-order valence-corrected chi connectivity index (χ3v) is 1.85. The molecule has 0 radical (unpaired) electrons. The van der Waals surface area contributed by atoms with E-state index in [0.29, 0.717) is 0 Å². The summed E-state index contributed by atoms with van der Waals surface area (Å²) in [4.78, 5) is 12.5. The Kier molecular flexibility index (Phi) is 2.14. The quantitative estimate of drug-likeness (QED) is 0.766. The molecule has 0 saturated carbocycles. The molecule has 5 nitrogen and oxygen atoms in total. The first kappa shape index (κ1) is 8.68. The minimum Gasteiger partial charge on any atom is -0.373 e. The molecule has 0 fully saturated rings. The topological polar surface area (TPSA) is 55.6 Å². The third kappa shape index (κ3) is 1.56. The van der Waals surface area contributed by atoms with Crippen LogP contribution in [0, 0.1) is 6.92 Å². The van der Waals surface area contributed by atoms with Gasteiger partial charge in [-0.15, -0.1) is 0 Å². The summed E-state index contributed by atoms with van der Waals surface area (Å²) in [5.41, 5.74) is 0. The number of hydrogen-bond donors (Lipinski definition) is 1.